The van der Waals surface area contributed by atoms with Crippen LogP contribution in [0.4, 0.5) is 0 Å². The molecule has 114 valence electrons. The van der Waals surface area contributed by atoms with Gasteiger partial charge in [-0.2, -0.15) is 5.10 Å². The number of halogens is 1. The van der Waals surface area contributed by atoms with Crippen LogP contribution in [0.5, 0.6) is 0 Å². The molecule has 1 aromatic rings. The molecule has 0 aromatic carbocycles. The Bertz CT molecular complexity index is 568. The third-order valence-corrected chi connectivity index (χ3v) is 3.83. The van der Waals surface area contributed by atoms with Gasteiger partial charge in [0.15, 0.2) is 5.69 Å². The van der Waals surface area contributed by atoms with E-state index in [1.54, 1.807) is 6.92 Å². The molecular weight excluding hydrogens is 306 g/mol. The summed E-state index contributed by atoms with van der Waals surface area (Å²) >= 11 is 0. The molecule has 0 atom stereocenters. The minimum absolute atomic E-state index is 0.0581. The fourth-order valence-corrected chi connectivity index (χ4v) is 2.92. The summed E-state index contributed by atoms with van der Waals surface area (Å²) in [5, 5.41) is 8.77. The average molecular weight is 324 g/mol. The SMILES string of the molecule is CCc1[nH]nc(C(=O)NCCOC(C)C)c1S(=O)(=O)Cl. The predicted molar refractivity (Wildman–Crippen MR) is 74.4 cm³/mol. The quantitative estimate of drug-likeness (QED) is 0.577. The molecule has 0 fully saturated rings. The lowest BCUT2D eigenvalue weighted by Crippen LogP contribution is -2.29. The highest BCUT2D eigenvalue weighted by Gasteiger charge is 2.27. The van der Waals surface area contributed by atoms with Crippen LogP contribution in [0.25, 0.3) is 0 Å². The number of H-pyrrole nitrogens is 1. The Morgan fingerprint density at radius 2 is 2.15 bits per heavy atom. The van der Waals surface area contributed by atoms with Crippen LogP contribution in [0.1, 0.15) is 37.0 Å². The van der Waals surface area contributed by atoms with Crippen LogP contribution in [0.15, 0.2) is 4.90 Å². The maximum atomic E-state index is 11.9. The number of carbonyl (C=O) groups is 1. The van der Waals surface area contributed by atoms with Gasteiger partial charge < -0.3 is 10.1 Å². The van der Waals surface area contributed by atoms with E-state index in [1.165, 1.54) is 0 Å². The zero-order valence-electron chi connectivity index (χ0n) is 11.6. The first-order chi connectivity index (χ1) is 9.27. The standard InChI is InChI=1S/C11H18ClN3O4S/c1-4-8-10(20(12,17)18)9(15-14-8)11(16)13-5-6-19-7(2)3/h7H,4-6H2,1-3H3,(H,13,16)(H,14,15). The Morgan fingerprint density at radius 3 is 2.65 bits per heavy atom. The van der Waals surface area contributed by atoms with Crippen LogP contribution in [0.2, 0.25) is 0 Å². The molecule has 0 bridgehead atoms. The first kappa shape index (κ1) is 16.9. The third kappa shape index (κ3) is 4.46. The summed E-state index contributed by atoms with van der Waals surface area (Å²) in [5.41, 5.74) is 0.0879. The molecule has 0 saturated carbocycles. The molecule has 9 heteroatoms. The maximum absolute atomic E-state index is 11.9. The zero-order chi connectivity index (χ0) is 15.3. The number of nitrogens with zero attached hydrogens (tertiary/aromatic N) is 1. The molecule has 0 aliphatic rings. The molecule has 0 unspecified atom stereocenters. The van der Waals surface area contributed by atoms with E-state index in [0.717, 1.165) is 0 Å². The smallest absolute Gasteiger partial charge is 0.273 e. The van der Waals surface area contributed by atoms with Crippen molar-refractivity contribution >= 4 is 25.6 Å². The van der Waals surface area contributed by atoms with Gasteiger partial charge in [-0.25, -0.2) is 8.42 Å². The Labute approximate surface area is 122 Å². The second kappa shape index (κ2) is 7.05. The number of aryl methyl sites for hydroxylation is 1. The number of rotatable bonds is 7. The second-order valence-corrected chi connectivity index (χ2v) is 6.85. The molecule has 1 heterocycles. The van der Waals surface area contributed by atoms with Crippen LogP contribution < -0.4 is 5.32 Å². The number of amides is 1. The van der Waals surface area contributed by atoms with Gasteiger partial charge in [-0.05, 0) is 20.3 Å². The number of aromatic nitrogens is 2. The number of ether oxygens (including phenoxy) is 1. The summed E-state index contributed by atoms with van der Waals surface area (Å²) in [6.07, 6.45) is 0.431. The summed E-state index contributed by atoms with van der Waals surface area (Å²) in [7, 11) is 1.31. The molecule has 1 aromatic heterocycles. The van der Waals surface area contributed by atoms with E-state index in [1.807, 2.05) is 13.8 Å². The number of aromatic amines is 1. The van der Waals surface area contributed by atoms with Crippen LogP contribution in [-0.4, -0.2) is 43.8 Å². The Hall–Kier alpha value is -1.12. The number of hydrogen-bond donors (Lipinski definition) is 2. The molecule has 7 nitrogen and oxygen atoms in total. The highest BCUT2D eigenvalue weighted by atomic mass is 35.7. The Balaban J connectivity index is 2.81. The number of hydrogen-bond acceptors (Lipinski definition) is 5. The van der Waals surface area contributed by atoms with E-state index in [0.29, 0.717) is 18.7 Å². The highest BCUT2D eigenvalue weighted by Crippen LogP contribution is 2.22. The molecule has 20 heavy (non-hydrogen) atoms. The lowest BCUT2D eigenvalue weighted by molar-refractivity contribution is 0.0743. The van der Waals surface area contributed by atoms with Gasteiger partial charge in [-0.15, -0.1) is 0 Å². The largest absolute Gasteiger partial charge is 0.377 e. The maximum Gasteiger partial charge on any atom is 0.273 e. The molecule has 0 radical (unpaired) electrons. The van der Waals surface area contributed by atoms with Crippen LogP contribution in [-0.2, 0) is 20.2 Å². The van der Waals surface area contributed by atoms with E-state index in [9.17, 15) is 13.2 Å². The van der Waals surface area contributed by atoms with E-state index >= 15 is 0 Å². The molecule has 2 N–H and O–H groups in total. The van der Waals surface area contributed by atoms with Crippen LogP contribution in [0, 0.1) is 0 Å². The highest BCUT2D eigenvalue weighted by molar-refractivity contribution is 8.13. The second-order valence-electron chi connectivity index (χ2n) is 4.35. The first-order valence-corrected chi connectivity index (χ1v) is 8.50. The van der Waals surface area contributed by atoms with Gasteiger partial charge >= 0.3 is 0 Å². The van der Waals surface area contributed by atoms with Gasteiger partial charge in [0.2, 0.25) is 0 Å². The summed E-state index contributed by atoms with van der Waals surface area (Å²) in [4.78, 5) is 11.7. The number of carbonyl (C=O) groups excluding carboxylic acids is 1. The van der Waals surface area contributed by atoms with Crippen molar-refractivity contribution in [3.05, 3.63) is 11.4 Å². The van der Waals surface area contributed by atoms with Crippen molar-refractivity contribution in [3.8, 4) is 0 Å². The van der Waals surface area contributed by atoms with E-state index in [4.69, 9.17) is 15.4 Å². The zero-order valence-corrected chi connectivity index (χ0v) is 13.1. The normalized spacial score (nSPS) is 11.8. The lowest BCUT2D eigenvalue weighted by Gasteiger charge is -2.08. The predicted octanol–water partition coefficient (Wildman–Crippen LogP) is 1.05. The fraction of sp³-hybridized carbons (Fsp3) is 0.636. The minimum Gasteiger partial charge on any atom is -0.377 e. The van der Waals surface area contributed by atoms with Gasteiger partial charge in [0.25, 0.3) is 15.0 Å². The molecule has 1 amide bonds. The monoisotopic (exact) mass is 323 g/mol. The van der Waals surface area contributed by atoms with Crippen molar-refractivity contribution < 1.29 is 17.9 Å². The summed E-state index contributed by atoms with van der Waals surface area (Å²) in [5.74, 6) is -0.604. The van der Waals surface area contributed by atoms with Crippen molar-refractivity contribution in [3.63, 3.8) is 0 Å². The van der Waals surface area contributed by atoms with Crippen LogP contribution in [0.3, 0.4) is 0 Å². The fourth-order valence-electron chi connectivity index (χ4n) is 1.57. The van der Waals surface area contributed by atoms with Crippen molar-refractivity contribution in [1.29, 1.82) is 0 Å². The molecular formula is C11H18ClN3O4S. The Morgan fingerprint density at radius 1 is 1.50 bits per heavy atom. The van der Waals surface area contributed by atoms with Gasteiger partial charge in [0.1, 0.15) is 4.90 Å². The molecule has 0 aliphatic carbocycles. The molecule has 0 saturated heterocycles. The minimum atomic E-state index is -4.04. The van der Waals surface area contributed by atoms with Crippen LogP contribution >= 0.6 is 10.7 Å². The summed E-state index contributed by atoms with van der Waals surface area (Å²) in [6, 6.07) is 0. The molecule has 0 spiro atoms. The van der Waals surface area contributed by atoms with Gasteiger partial charge in [-0.1, -0.05) is 6.92 Å². The number of nitrogens with one attached hydrogen (secondary N) is 2. The molecule has 1 rings (SSSR count). The van der Waals surface area contributed by atoms with E-state index in [-0.39, 0.29) is 23.2 Å². The van der Waals surface area contributed by atoms with E-state index in [2.05, 4.69) is 15.5 Å². The average Bonchev–Trinajstić information content (AvgIpc) is 2.77. The Kier molecular flexibility index (Phi) is 5.97. The van der Waals surface area contributed by atoms with Gasteiger partial charge in [-0.3, -0.25) is 9.89 Å². The van der Waals surface area contributed by atoms with Gasteiger partial charge in [0, 0.05) is 17.2 Å². The summed E-state index contributed by atoms with van der Waals surface area (Å²) < 4.78 is 28.3. The summed E-state index contributed by atoms with van der Waals surface area (Å²) in [6.45, 7) is 6.07. The van der Waals surface area contributed by atoms with Gasteiger partial charge in [0.05, 0.1) is 18.4 Å². The van der Waals surface area contributed by atoms with E-state index < -0.39 is 15.0 Å². The third-order valence-electron chi connectivity index (χ3n) is 2.44. The van der Waals surface area contributed by atoms with Crippen molar-refractivity contribution in [2.45, 2.75) is 38.2 Å². The molecule has 0 aliphatic heterocycles. The van der Waals surface area contributed by atoms with Crippen molar-refractivity contribution in [2.24, 2.45) is 0 Å². The van der Waals surface area contributed by atoms with Crippen molar-refractivity contribution in [2.75, 3.05) is 13.2 Å². The topological polar surface area (TPSA) is 101 Å². The lowest BCUT2D eigenvalue weighted by atomic mass is 10.3. The van der Waals surface area contributed by atoms with Crippen molar-refractivity contribution in [1.82, 2.24) is 15.5 Å². The first-order valence-electron chi connectivity index (χ1n) is 6.19.